The van der Waals surface area contributed by atoms with Gasteiger partial charge in [-0.25, -0.2) is 0 Å². The molecule has 2 unspecified atom stereocenters. The third-order valence-corrected chi connectivity index (χ3v) is 5.50. The second-order valence-electron chi connectivity index (χ2n) is 6.08. The summed E-state index contributed by atoms with van der Waals surface area (Å²) in [6.45, 7) is 3.01. The molecule has 21 heavy (non-hydrogen) atoms. The molecule has 2 heterocycles. The van der Waals surface area contributed by atoms with Crippen molar-refractivity contribution in [3.8, 4) is 0 Å². The van der Waals surface area contributed by atoms with Gasteiger partial charge in [-0.15, -0.1) is 11.3 Å². The maximum absolute atomic E-state index is 12.7. The van der Waals surface area contributed by atoms with E-state index in [1.54, 1.807) is 11.3 Å². The molecule has 2 atom stereocenters. The molecule has 1 saturated heterocycles. The van der Waals surface area contributed by atoms with Crippen molar-refractivity contribution in [3.63, 3.8) is 0 Å². The Hall–Kier alpha value is -0.910. The van der Waals surface area contributed by atoms with E-state index in [0.29, 0.717) is 13.1 Å². The number of carbonyl (C=O) groups excluding carboxylic acids is 1. The van der Waals surface area contributed by atoms with Gasteiger partial charge in [-0.2, -0.15) is 0 Å². The average molecular weight is 309 g/mol. The Kier molecular flexibility index (Phi) is 4.62. The van der Waals surface area contributed by atoms with Crippen LogP contribution in [0.2, 0.25) is 0 Å². The Morgan fingerprint density at radius 1 is 1.38 bits per heavy atom. The van der Waals surface area contributed by atoms with Crippen LogP contribution in [-0.4, -0.2) is 47.8 Å². The first kappa shape index (κ1) is 15.0. The summed E-state index contributed by atoms with van der Waals surface area (Å²) in [4.78, 5) is 16.8. The van der Waals surface area contributed by atoms with E-state index in [0.717, 1.165) is 17.7 Å². The zero-order chi connectivity index (χ0) is 14.8. The van der Waals surface area contributed by atoms with Crippen molar-refractivity contribution < 1.29 is 14.6 Å². The third-order valence-electron chi connectivity index (χ3n) is 4.27. The summed E-state index contributed by atoms with van der Waals surface area (Å²) in [5, 5.41) is 9.28. The van der Waals surface area contributed by atoms with Crippen molar-refractivity contribution >= 4 is 17.2 Å². The van der Waals surface area contributed by atoms with Gasteiger partial charge in [0, 0.05) is 18.0 Å². The predicted octanol–water partition coefficient (Wildman–Crippen LogP) is 2.24. The largest absolute Gasteiger partial charge is 0.394 e. The van der Waals surface area contributed by atoms with Gasteiger partial charge in [0.25, 0.3) is 5.91 Å². The number of hydrogen-bond donors (Lipinski definition) is 1. The minimum atomic E-state index is -0.254. The highest BCUT2D eigenvalue weighted by Crippen LogP contribution is 2.30. The fourth-order valence-electron chi connectivity index (χ4n) is 3.24. The summed E-state index contributed by atoms with van der Waals surface area (Å²) in [6.07, 6.45) is 5.72. The molecule has 1 aliphatic carbocycles. The van der Waals surface area contributed by atoms with Crippen molar-refractivity contribution in [2.45, 2.75) is 51.2 Å². The first-order valence-electron chi connectivity index (χ1n) is 7.84. The number of hydrogen-bond acceptors (Lipinski definition) is 4. The van der Waals surface area contributed by atoms with Crippen molar-refractivity contribution in [2.24, 2.45) is 0 Å². The van der Waals surface area contributed by atoms with E-state index >= 15 is 0 Å². The molecule has 1 aromatic rings. The molecule has 1 fully saturated rings. The fraction of sp³-hybridized carbons (Fsp3) is 0.688. The molecule has 4 nitrogen and oxygen atoms in total. The van der Waals surface area contributed by atoms with Gasteiger partial charge in [0.15, 0.2) is 0 Å². The lowest BCUT2D eigenvalue weighted by Gasteiger charge is -2.35. The van der Waals surface area contributed by atoms with Crippen LogP contribution in [0.5, 0.6) is 0 Å². The molecule has 0 bridgehead atoms. The lowest BCUT2D eigenvalue weighted by Crippen LogP contribution is -2.50. The summed E-state index contributed by atoms with van der Waals surface area (Å²) < 4.78 is 5.61. The van der Waals surface area contributed by atoms with Gasteiger partial charge in [0.05, 0.1) is 23.7 Å². The molecule has 116 valence electrons. The Balaban J connectivity index is 1.75. The van der Waals surface area contributed by atoms with Gasteiger partial charge in [0.2, 0.25) is 0 Å². The zero-order valence-electron chi connectivity index (χ0n) is 12.5. The molecule has 1 N–H and O–H groups in total. The van der Waals surface area contributed by atoms with Crippen molar-refractivity contribution in [1.29, 1.82) is 0 Å². The van der Waals surface area contributed by atoms with Gasteiger partial charge in [-0.3, -0.25) is 4.79 Å². The van der Waals surface area contributed by atoms with E-state index < -0.39 is 0 Å². The second kappa shape index (κ2) is 6.46. The highest BCUT2D eigenvalue weighted by Gasteiger charge is 2.29. The van der Waals surface area contributed by atoms with Gasteiger partial charge in [0.1, 0.15) is 0 Å². The van der Waals surface area contributed by atoms with Crippen molar-refractivity contribution in [3.05, 3.63) is 21.4 Å². The van der Waals surface area contributed by atoms with Crippen LogP contribution in [-0.2, 0) is 17.6 Å². The van der Waals surface area contributed by atoms with E-state index in [1.165, 1.54) is 29.7 Å². The SMILES string of the molecule is CC1CN(C(=O)c2cc3c(s2)CCCCC3)CC(CO)O1. The smallest absolute Gasteiger partial charge is 0.264 e. The molecule has 0 aromatic carbocycles. The normalized spacial score (nSPS) is 26.3. The summed E-state index contributed by atoms with van der Waals surface area (Å²) in [6, 6.07) is 2.10. The van der Waals surface area contributed by atoms with E-state index in [1.807, 2.05) is 11.8 Å². The number of amides is 1. The number of aliphatic hydroxyl groups excluding tert-OH is 1. The predicted molar refractivity (Wildman–Crippen MR) is 82.9 cm³/mol. The van der Waals surface area contributed by atoms with Crippen LogP contribution in [0.15, 0.2) is 6.07 Å². The van der Waals surface area contributed by atoms with E-state index in [4.69, 9.17) is 4.74 Å². The molecule has 1 aromatic heterocycles. The Bertz CT molecular complexity index is 490. The van der Waals surface area contributed by atoms with E-state index in [-0.39, 0.29) is 24.7 Å². The molecular weight excluding hydrogens is 286 g/mol. The molecule has 3 rings (SSSR count). The minimum Gasteiger partial charge on any atom is -0.394 e. The van der Waals surface area contributed by atoms with Gasteiger partial charge in [-0.1, -0.05) is 6.42 Å². The molecule has 0 radical (unpaired) electrons. The van der Waals surface area contributed by atoms with Crippen LogP contribution in [0.1, 0.15) is 46.3 Å². The van der Waals surface area contributed by atoms with Crippen LogP contribution < -0.4 is 0 Å². The third kappa shape index (κ3) is 3.30. The van der Waals surface area contributed by atoms with Gasteiger partial charge in [-0.05, 0) is 44.2 Å². The average Bonchev–Trinajstić information content (AvgIpc) is 2.76. The molecule has 0 spiro atoms. The molecule has 2 aliphatic rings. The topological polar surface area (TPSA) is 49.8 Å². The monoisotopic (exact) mass is 309 g/mol. The maximum atomic E-state index is 12.7. The lowest BCUT2D eigenvalue weighted by molar-refractivity contribution is -0.0857. The highest BCUT2D eigenvalue weighted by molar-refractivity contribution is 7.14. The Morgan fingerprint density at radius 2 is 2.19 bits per heavy atom. The number of carbonyl (C=O) groups is 1. The Labute approximate surface area is 129 Å². The summed E-state index contributed by atoms with van der Waals surface area (Å²) in [5.41, 5.74) is 1.38. The fourth-order valence-corrected chi connectivity index (χ4v) is 4.46. The quantitative estimate of drug-likeness (QED) is 0.852. The zero-order valence-corrected chi connectivity index (χ0v) is 13.3. The number of aryl methyl sites for hydroxylation is 2. The molecular formula is C16H23NO3S. The van der Waals surface area contributed by atoms with Crippen LogP contribution in [0, 0.1) is 0 Å². The van der Waals surface area contributed by atoms with Gasteiger partial charge >= 0.3 is 0 Å². The molecule has 1 aliphatic heterocycles. The standard InChI is InChI=1S/C16H23NO3S/c1-11-8-17(9-13(10-18)20-11)16(19)15-7-12-5-3-2-4-6-14(12)21-15/h7,11,13,18H,2-6,8-10H2,1H3. The number of ether oxygens (including phenoxy) is 1. The summed E-state index contributed by atoms with van der Waals surface area (Å²) >= 11 is 1.67. The summed E-state index contributed by atoms with van der Waals surface area (Å²) in [7, 11) is 0. The highest BCUT2D eigenvalue weighted by atomic mass is 32.1. The number of morpholine rings is 1. The van der Waals surface area contributed by atoms with Crippen molar-refractivity contribution in [1.82, 2.24) is 4.90 Å². The Morgan fingerprint density at radius 3 is 3.00 bits per heavy atom. The lowest BCUT2D eigenvalue weighted by atomic mass is 10.1. The molecule has 0 saturated carbocycles. The van der Waals surface area contributed by atoms with E-state index in [9.17, 15) is 9.90 Å². The number of nitrogens with zero attached hydrogens (tertiary/aromatic N) is 1. The van der Waals surface area contributed by atoms with Crippen LogP contribution in [0.25, 0.3) is 0 Å². The summed E-state index contributed by atoms with van der Waals surface area (Å²) in [5.74, 6) is 0.0988. The number of fused-ring (bicyclic) bond motifs is 1. The second-order valence-corrected chi connectivity index (χ2v) is 7.22. The van der Waals surface area contributed by atoms with Crippen LogP contribution >= 0.6 is 11.3 Å². The van der Waals surface area contributed by atoms with E-state index in [2.05, 4.69) is 6.07 Å². The molecule has 1 amide bonds. The number of rotatable bonds is 2. The molecule has 5 heteroatoms. The van der Waals surface area contributed by atoms with Crippen molar-refractivity contribution in [2.75, 3.05) is 19.7 Å². The maximum Gasteiger partial charge on any atom is 0.264 e. The van der Waals surface area contributed by atoms with Gasteiger partial charge < -0.3 is 14.7 Å². The number of thiophene rings is 1. The number of aliphatic hydroxyl groups is 1. The first-order chi connectivity index (χ1) is 10.2. The van der Waals surface area contributed by atoms with Crippen LogP contribution in [0.3, 0.4) is 0 Å². The minimum absolute atomic E-state index is 0.0161. The van der Waals surface area contributed by atoms with Crippen LogP contribution in [0.4, 0.5) is 0 Å². The first-order valence-corrected chi connectivity index (χ1v) is 8.66.